The molecule has 0 fully saturated rings. The Morgan fingerprint density at radius 2 is 0.633 bits per heavy atom. The zero-order valence-electron chi connectivity index (χ0n) is 41.1. The molecule has 6 nitrogen and oxygen atoms in total. The van der Waals surface area contributed by atoms with Crippen LogP contribution in [0.1, 0.15) is 298 Å². The van der Waals surface area contributed by atoms with Crippen molar-refractivity contribution < 1.29 is 28.6 Å². The van der Waals surface area contributed by atoms with Gasteiger partial charge in [0.05, 0.1) is 0 Å². The highest BCUT2D eigenvalue weighted by Crippen LogP contribution is 2.18. The van der Waals surface area contributed by atoms with Gasteiger partial charge in [-0.25, -0.2) is 0 Å². The van der Waals surface area contributed by atoms with Crippen molar-refractivity contribution in [2.24, 2.45) is 11.8 Å². The van der Waals surface area contributed by atoms with Gasteiger partial charge in [-0.3, -0.25) is 14.4 Å². The van der Waals surface area contributed by atoms with Crippen LogP contribution in [-0.2, 0) is 28.6 Å². The van der Waals surface area contributed by atoms with E-state index in [4.69, 9.17) is 14.2 Å². The molecule has 0 radical (unpaired) electrons. The second kappa shape index (κ2) is 46.9. The van der Waals surface area contributed by atoms with Gasteiger partial charge in [0.15, 0.2) is 6.10 Å². The summed E-state index contributed by atoms with van der Waals surface area (Å²) in [7, 11) is 0. The van der Waals surface area contributed by atoms with E-state index >= 15 is 0 Å². The van der Waals surface area contributed by atoms with E-state index in [9.17, 15) is 14.4 Å². The predicted molar refractivity (Wildman–Crippen MR) is 256 cm³/mol. The van der Waals surface area contributed by atoms with Crippen LogP contribution in [-0.4, -0.2) is 37.2 Å². The van der Waals surface area contributed by atoms with Gasteiger partial charge in [-0.1, -0.05) is 259 Å². The molecular formula is C54H104O6. The van der Waals surface area contributed by atoms with Gasteiger partial charge >= 0.3 is 17.9 Å². The van der Waals surface area contributed by atoms with E-state index in [1.54, 1.807) is 0 Å². The molecule has 0 spiro atoms. The number of carbonyl (C=O) groups is 3. The third kappa shape index (κ3) is 45.9. The smallest absolute Gasteiger partial charge is 0.306 e. The van der Waals surface area contributed by atoms with E-state index in [1.165, 1.54) is 186 Å². The molecule has 0 N–H and O–H groups in total. The van der Waals surface area contributed by atoms with Crippen LogP contribution in [0, 0.1) is 11.8 Å². The summed E-state index contributed by atoms with van der Waals surface area (Å²) in [6.07, 6.45) is 48.0. The molecule has 6 heteroatoms. The molecule has 0 saturated heterocycles. The van der Waals surface area contributed by atoms with Crippen LogP contribution in [0.3, 0.4) is 0 Å². The highest BCUT2D eigenvalue weighted by molar-refractivity contribution is 5.71. The van der Waals surface area contributed by atoms with E-state index in [0.717, 1.165) is 69.6 Å². The summed E-state index contributed by atoms with van der Waals surface area (Å²) in [6.45, 7) is 11.4. The molecule has 2 atom stereocenters. The molecule has 0 heterocycles. The van der Waals surface area contributed by atoms with Crippen molar-refractivity contribution in [3.05, 3.63) is 0 Å². The predicted octanol–water partition coefficient (Wildman–Crippen LogP) is 17.3. The lowest BCUT2D eigenvalue weighted by Gasteiger charge is -2.18. The van der Waals surface area contributed by atoms with Crippen molar-refractivity contribution in [2.45, 2.75) is 304 Å². The summed E-state index contributed by atoms with van der Waals surface area (Å²) in [5.74, 6) is 0.831. The number of esters is 3. The minimum absolute atomic E-state index is 0.0639. The maximum atomic E-state index is 12.8. The van der Waals surface area contributed by atoms with Crippen LogP contribution in [0.25, 0.3) is 0 Å². The fraction of sp³-hybridized carbons (Fsp3) is 0.944. The van der Waals surface area contributed by atoms with Crippen LogP contribution in [0.4, 0.5) is 0 Å². The van der Waals surface area contributed by atoms with Crippen molar-refractivity contribution >= 4 is 17.9 Å². The van der Waals surface area contributed by atoms with Gasteiger partial charge in [-0.15, -0.1) is 0 Å². The monoisotopic (exact) mass is 849 g/mol. The molecule has 0 bridgehead atoms. The van der Waals surface area contributed by atoms with Gasteiger partial charge in [0.1, 0.15) is 13.2 Å². The van der Waals surface area contributed by atoms with Crippen molar-refractivity contribution in [2.75, 3.05) is 13.2 Å². The lowest BCUT2D eigenvalue weighted by Crippen LogP contribution is -2.30. The Morgan fingerprint density at radius 3 is 0.950 bits per heavy atom. The molecule has 0 aliphatic rings. The second-order valence-electron chi connectivity index (χ2n) is 19.2. The third-order valence-electron chi connectivity index (χ3n) is 12.6. The highest BCUT2D eigenvalue weighted by Gasteiger charge is 2.19. The summed E-state index contributed by atoms with van der Waals surface area (Å²) < 4.78 is 16.8. The Kier molecular flexibility index (Phi) is 45.7. The maximum Gasteiger partial charge on any atom is 0.306 e. The maximum absolute atomic E-state index is 12.8. The van der Waals surface area contributed by atoms with Crippen molar-refractivity contribution in [3.63, 3.8) is 0 Å². The van der Waals surface area contributed by atoms with Crippen molar-refractivity contribution in [1.29, 1.82) is 0 Å². The van der Waals surface area contributed by atoms with E-state index in [1.807, 2.05) is 0 Å². The largest absolute Gasteiger partial charge is 0.462 e. The summed E-state index contributed by atoms with van der Waals surface area (Å²) >= 11 is 0. The Bertz CT molecular complexity index is 918. The zero-order chi connectivity index (χ0) is 44.0. The standard InChI is InChI=1S/C54H104O6/c1-6-8-9-10-11-12-13-14-15-16-17-18-25-31-36-41-46-54(57)60-51(48-59-53(56)45-40-35-30-26-21-22-27-32-37-42-49(3)4)47-58-52(55)44-39-34-29-24-20-19-23-28-33-38-43-50(5)7-2/h49-51H,6-48H2,1-5H3/t50?,51-/m1/s1. The van der Waals surface area contributed by atoms with Crippen LogP contribution in [0.5, 0.6) is 0 Å². The van der Waals surface area contributed by atoms with Gasteiger partial charge in [0, 0.05) is 19.3 Å². The second-order valence-corrected chi connectivity index (χ2v) is 19.2. The number of rotatable bonds is 48. The summed E-state index contributed by atoms with van der Waals surface area (Å²) in [5.41, 5.74) is 0. The van der Waals surface area contributed by atoms with E-state index in [0.29, 0.717) is 19.3 Å². The number of hydrogen-bond donors (Lipinski definition) is 0. The normalized spacial score (nSPS) is 12.5. The fourth-order valence-electron chi connectivity index (χ4n) is 8.13. The van der Waals surface area contributed by atoms with Crippen LogP contribution in [0.2, 0.25) is 0 Å². The first-order valence-corrected chi connectivity index (χ1v) is 26.8. The molecule has 0 saturated carbocycles. The van der Waals surface area contributed by atoms with Crippen LogP contribution >= 0.6 is 0 Å². The number of hydrogen-bond acceptors (Lipinski definition) is 6. The Morgan fingerprint density at radius 1 is 0.350 bits per heavy atom. The van der Waals surface area contributed by atoms with Gasteiger partial charge in [0.2, 0.25) is 0 Å². The Hall–Kier alpha value is -1.59. The van der Waals surface area contributed by atoms with Crippen molar-refractivity contribution in [1.82, 2.24) is 0 Å². The lowest BCUT2D eigenvalue weighted by molar-refractivity contribution is -0.167. The molecule has 0 rings (SSSR count). The Labute approximate surface area is 374 Å². The van der Waals surface area contributed by atoms with Gasteiger partial charge in [0.25, 0.3) is 0 Å². The van der Waals surface area contributed by atoms with Gasteiger partial charge in [-0.05, 0) is 31.1 Å². The molecule has 356 valence electrons. The molecule has 0 aromatic heterocycles. The van der Waals surface area contributed by atoms with Crippen LogP contribution < -0.4 is 0 Å². The van der Waals surface area contributed by atoms with Crippen molar-refractivity contribution in [3.8, 4) is 0 Å². The molecule has 0 amide bonds. The van der Waals surface area contributed by atoms with E-state index < -0.39 is 6.10 Å². The summed E-state index contributed by atoms with van der Waals surface area (Å²) in [5, 5.41) is 0. The number of unbranched alkanes of at least 4 members (excludes halogenated alkanes) is 32. The molecule has 0 aromatic carbocycles. The van der Waals surface area contributed by atoms with E-state index in [2.05, 4.69) is 34.6 Å². The molecule has 0 aliphatic carbocycles. The zero-order valence-corrected chi connectivity index (χ0v) is 41.1. The number of carbonyl (C=O) groups excluding carboxylic acids is 3. The molecule has 60 heavy (non-hydrogen) atoms. The first kappa shape index (κ1) is 58.4. The SMILES string of the molecule is CCCCCCCCCCCCCCCCCCC(=O)O[C@H](COC(=O)CCCCCCCCCCCCC(C)CC)COC(=O)CCCCCCCCCCCC(C)C. The topological polar surface area (TPSA) is 78.9 Å². The first-order valence-electron chi connectivity index (χ1n) is 26.8. The Balaban J connectivity index is 4.32. The average Bonchev–Trinajstić information content (AvgIpc) is 3.23. The molecular weight excluding hydrogens is 745 g/mol. The molecule has 0 aliphatic heterocycles. The highest BCUT2D eigenvalue weighted by atomic mass is 16.6. The summed E-state index contributed by atoms with van der Waals surface area (Å²) in [4.78, 5) is 38.0. The fourth-order valence-corrected chi connectivity index (χ4v) is 8.13. The van der Waals surface area contributed by atoms with Gasteiger partial charge in [-0.2, -0.15) is 0 Å². The van der Waals surface area contributed by atoms with E-state index in [-0.39, 0.29) is 31.1 Å². The molecule has 1 unspecified atom stereocenters. The summed E-state index contributed by atoms with van der Waals surface area (Å²) in [6, 6.07) is 0. The first-order chi connectivity index (χ1) is 29.3. The minimum Gasteiger partial charge on any atom is -0.462 e. The van der Waals surface area contributed by atoms with Crippen LogP contribution in [0.15, 0.2) is 0 Å². The number of ether oxygens (including phenoxy) is 3. The third-order valence-corrected chi connectivity index (χ3v) is 12.6. The lowest BCUT2D eigenvalue weighted by atomic mass is 9.99. The van der Waals surface area contributed by atoms with Gasteiger partial charge < -0.3 is 14.2 Å². The minimum atomic E-state index is -0.762. The molecule has 0 aromatic rings. The average molecular weight is 849 g/mol. The quantitative estimate of drug-likeness (QED) is 0.0345.